The normalized spacial score (nSPS) is 14.9. The van der Waals surface area contributed by atoms with E-state index in [2.05, 4.69) is 32.7 Å². The van der Waals surface area contributed by atoms with Gasteiger partial charge in [0, 0.05) is 22.9 Å². The molecule has 5 rings (SSSR count). The predicted molar refractivity (Wildman–Crippen MR) is 127 cm³/mol. The number of benzene rings is 3. The lowest BCUT2D eigenvalue weighted by Crippen LogP contribution is -2.31. The number of rotatable bonds is 5. The van der Waals surface area contributed by atoms with Gasteiger partial charge in [0.15, 0.2) is 0 Å². The van der Waals surface area contributed by atoms with Crippen molar-refractivity contribution < 1.29 is 9.18 Å². The number of nitrogens with one attached hydrogen (secondary N) is 2. The van der Waals surface area contributed by atoms with Gasteiger partial charge in [-0.25, -0.2) is 14.4 Å². The van der Waals surface area contributed by atoms with E-state index >= 15 is 0 Å². The van der Waals surface area contributed by atoms with Gasteiger partial charge in [-0.2, -0.15) is 0 Å². The van der Waals surface area contributed by atoms with E-state index in [4.69, 9.17) is 0 Å². The number of halogens is 1. The molecule has 6 heteroatoms. The molecule has 1 aromatic heterocycles. The van der Waals surface area contributed by atoms with Gasteiger partial charge in [0.05, 0.1) is 11.7 Å². The van der Waals surface area contributed by atoms with E-state index in [9.17, 15) is 9.18 Å². The molecular weight excluding hydrogens is 415 g/mol. The second kappa shape index (κ2) is 9.20. The van der Waals surface area contributed by atoms with Crippen molar-refractivity contribution in [3.05, 3.63) is 108 Å². The van der Waals surface area contributed by atoms with Crippen LogP contribution in [0.1, 0.15) is 40.4 Å². The number of nitrogens with zero attached hydrogens (tertiary/aromatic N) is 2. The maximum Gasteiger partial charge on any atom is 0.251 e. The van der Waals surface area contributed by atoms with Crippen LogP contribution >= 0.6 is 0 Å². The standard InChI is InChI=1S/C27H23FN4O/c28-21-13-11-19(12-14-21)25-16-26(30-17-29-25)31-22-8-3-7-20(15-22)27(33)32-24-10-4-6-18-5-1-2-9-23(18)24/h1-3,5,7-9,11-17,24H,4,6,10H2,(H,32,33)(H,29,30,31). The fraction of sp³-hybridized carbons (Fsp3) is 0.148. The Labute approximate surface area is 191 Å². The second-order valence-electron chi connectivity index (χ2n) is 8.12. The van der Waals surface area contributed by atoms with Crippen LogP contribution < -0.4 is 10.6 Å². The number of carbonyl (C=O) groups excluding carboxylic acids is 1. The molecule has 1 heterocycles. The Bertz CT molecular complexity index is 1290. The third-order valence-corrected chi connectivity index (χ3v) is 5.88. The lowest BCUT2D eigenvalue weighted by atomic mass is 9.87. The minimum atomic E-state index is -0.294. The molecule has 2 N–H and O–H groups in total. The Kier molecular flexibility index (Phi) is 5.81. The summed E-state index contributed by atoms with van der Waals surface area (Å²) in [6.45, 7) is 0. The molecule has 1 atom stereocenters. The van der Waals surface area contributed by atoms with Gasteiger partial charge < -0.3 is 10.6 Å². The number of carbonyl (C=O) groups is 1. The number of anilines is 2. The number of aryl methyl sites for hydroxylation is 1. The average Bonchev–Trinajstić information content (AvgIpc) is 2.85. The molecule has 5 nitrogen and oxygen atoms in total. The quantitative estimate of drug-likeness (QED) is 0.411. The summed E-state index contributed by atoms with van der Waals surface area (Å²) in [5, 5.41) is 6.43. The summed E-state index contributed by atoms with van der Waals surface area (Å²) in [5.41, 5.74) is 5.32. The highest BCUT2D eigenvalue weighted by Crippen LogP contribution is 2.30. The Morgan fingerprint density at radius 3 is 2.67 bits per heavy atom. The largest absolute Gasteiger partial charge is 0.345 e. The number of hydrogen-bond acceptors (Lipinski definition) is 4. The predicted octanol–water partition coefficient (Wildman–Crippen LogP) is 5.83. The molecule has 0 radical (unpaired) electrons. The van der Waals surface area contributed by atoms with Crippen molar-refractivity contribution in [1.82, 2.24) is 15.3 Å². The summed E-state index contributed by atoms with van der Waals surface area (Å²) >= 11 is 0. The minimum absolute atomic E-state index is 0.0270. The van der Waals surface area contributed by atoms with Gasteiger partial charge in [0.1, 0.15) is 18.0 Å². The topological polar surface area (TPSA) is 66.9 Å². The molecule has 4 aromatic rings. The third kappa shape index (κ3) is 4.75. The fourth-order valence-corrected chi connectivity index (χ4v) is 4.24. The summed E-state index contributed by atoms with van der Waals surface area (Å²) in [4.78, 5) is 21.5. The summed E-state index contributed by atoms with van der Waals surface area (Å²) in [5.74, 6) is 0.191. The van der Waals surface area contributed by atoms with Crippen LogP contribution in [0.25, 0.3) is 11.3 Å². The number of aromatic nitrogens is 2. The van der Waals surface area contributed by atoms with Crippen LogP contribution in [0.2, 0.25) is 0 Å². The summed E-state index contributed by atoms with van der Waals surface area (Å²) in [7, 11) is 0. The molecule has 0 saturated heterocycles. The van der Waals surface area contributed by atoms with Gasteiger partial charge >= 0.3 is 0 Å². The van der Waals surface area contributed by atoms with Crippen LogP contribution in [0.4, 0.5) is 15.9 Å². The molecule has 0 fully saturated rings. The Balaban J connectivity index is 1.31. The smallest absolute Gasteiger partial charge is 0.251 e. The fourth-order valence-electron chi connectivity index (χ4n) is 4.24. The zero-order chi connectivity index (χ0) is 22.6. The van der Waals surface area contributed by atoms with Gasteiger partial charge in [-0.1, -0.05) is 30.3 Å². The molecule has 33 heavy (non-hydrogen) atoms. The molecule has 0 spiro atoms. The first kappa shape index (κ1) is 20.8. The molecule has 164 valence electrons. The number of fused-ring (bicyclic) bond motifs is 1. The maximum absolute atomic E-state index is 13.2. The summed E-state index contributed by atoms with van der Waals surface area (Å²) in [6, 6.07) is 23.6. The van der Waals surface area contributed by atoms with Gasteiger partial charge in [0.25, 0.3) is 5.91 Å². The van der Waals surface area contributed by atoms with E-state index in [-0.39, 0.29) is 17.8 Å². The van der Waals surface area contributed by atoms with E-state index in [1.54, 1.807) is 24.3 Å². The van der Waals surface area contributed by atoms with Crippen molar-refractivity contribution in [1.29, 1.82) is 0 Å². The lowest BCUT2D eigenvalue weighted by Gasteiger charge is -2.26. The Morgan fingerprint density at radius 1 is 0.939 bits per heavy atom. The van der Waals surface area contributed by atoms with Crippen LogP contribution in [0.3, 0.4) is 0 Å². The number of hydrogen-bond donors (Lipinski definition) is 2. The first-order chi connectivity index (χ1) is 16.2. The minimum Gasteiger partial charge on any atom is -0.345 e. The monoisotopic (exact) mass is 438 g/mol. The Hall–Kier alpha value is -4.06. The van der Waals surface area contributed by atoms with Gasteiger partial charge in [-0.3, -0.25) is 4.79 Å². The van der Waals surface area contributed by atoms with E-state index in [1.165, 1.54) is 29.6 Å². The SMILES string of the molecule is O=C(NC1CCCc2ccccc21)c1cccc(Nc2cc(-c3ccc(F)cc3)ncn2)c1. The summed E-state index contributed by atoms with van der Waals surface area (Å²) < 4.78 is 13.2. The van der Waals surface area contributed by atoms with Gasteiger partial charge in [0.2, 0.25) is 0 Å². The molecular formula is C27H23FN4O. The molecule has 1 aliphatic carbocycles. The van der Waals surface area contributed by atoms with Crippen molar-refractivity contribution in [2.45, 2.75) is 25.3 Å². The molecule has 1 amide bonds. The second-order valence-corrected chi connectivity index (χ2v) is 8.12. The van der Waals surface area contributed by atoms with Crippen LogP contribution in [0.15, 0.2) is 85.2 Å². The van der Waals surface area contributed by atoms with E-state index < -0.39 is 0 Å². The van der Waals surface area contributed by atoms with E-state index in [0.717, 1.165) is 30.5 Å². The van der Waals surface area contributed by atoms with E-state index in [0.29, 0.717) is 17.1 Å². The highest BCUT2D eigenvalue weighted by Gasteiger charge is 2.22. The molecule has 1 aliphatic rings. The van der Waals surface area contributed by atoms with Gasteiger partial charge in [-0.15, -0.1) is 0 Å². The molecule has 0 saturated carbocycles. The molecule has 1 unspecified atom stereocenters. The zero-order valence-corrected chi connectivity index (χ0v) is 18.0. The highest BCUT2D eigenvalue weighted by molar-refractivity contribution is 5.95. The first-order valence-corrected chi connectivity index (χ1v) is 11.0. The lowest BCUT2D eigenvalue weighted by molar-refractivity contribution is 0.0933. The zero-order valence-electron chi connectivity index (χ0n) is 18.0. The number of amides is 1. The van der Waals surface area contributed by atoms with Crippen molar-refractivity contribution in [3.8, 4) is 11.3 Å². The van der Waals surface area contributed by atoms with Crippen molar-refractivity contribution in [2.24, 2.45) is 0 Å². The van der Waals surface area contributed by atoms with Crippen LogP contribution in [-0.4, -0.2) is 15.9 Å². The van der Waals surface area contributed by atoms with Crippen molar-refractivity contribution >= 4 is 17.4 Å². The van der Waals surface area contributed by atoms with Crippen LogP contribution in [0.5, 0.6) is 0 Å². The molecule has 0 bridgehead atoms. The van der Waals surface area contributed by atoms with Crippen LogP contribution in [-0.2, 0) is 6.42 Å². The average molecular weight is 439 g/mol. The van der Waals surface area contributed by atoms with Crippen molar-refractivity contribution in [2.75, 3.05) is 5.32 Å². The maximum atomic E-state index is 13.2. The highest BCUT2D eigenvalue weighted by atomic mass is 19.1. The van der Waals surface area contributed by atoms with Crippen molar-refractivity contribution in [3.63, 3.8) is 0 Å². The van der Waals surface area contributed by atoms with E-state index in [1.807, 2.05) is 30.3 Å². The molecule has 0 aliphatic heterocycles. The summed E-state index contributed by atoms with van der Waals surface area (Å²) in [6.07, 6.45) is 4.51. The van der Waals surface area contributed by atoms with Crippen LogP contribution in [0, 0.1) is 5.82 Å². The first-order valence-electron chi connectivity index (χ1n) is 11.0. The molecule has 3 aromatic carbocycles. The third-order valence-electron chi connectivity index (χ3n) is 5.88. The van der Waals surface area contributed by atoms with Gasteiger partial charge in [-0.05, 0) is 72.9 Å². The Morgan fingerprint density at radius 2 is 1.79 bits per heavy atom.